The first-order valence-corrected chi connectivity index (χ1v) is 12.2. The second-order valence-corrected chi connectivity index (χ2v) is 9.71. The van der Waals surface area contributed by atoms with Gasteiger partial charge in [-0.1, -0.05) is 23.2 Å². The Morgan fingerprint density at radius 1 is 1.12 bits per heavy atom. The fraction of sp³-hybridized carbons (Fsp3) is 0.308. The van der Waals surface area contributed by atoms with Gasteiger partial charge in [0.05, 0.1) is 6.54 Å². The highest BCUT2D eigenvalue weighted by Gasteiger charge is 2.18. The molecule has 6 nitrogen and oxygen atoms in total. The Kier molecular flexibility index (Phi) is 6.63. The van der Waals surface area contributed by atoms with Gasteiger partial charge in [0.25, 0.3) is 5.91 Å². The molecule has 5 rings (SSSR count). The maximum absolute atomic E-state index is 12.7. The average Bonchev–Trinajstić information content (AvgIpc) is 3.42. The van der Waals surface area contributed by atoms with Crippen molar-refractivity contribution in [2.75, 3.05) is 19.6 Å². The highest BCUT2D eigenvalue weighted by Crippen LogP contribution is 2.33. The van der Waals surface area contributed by atoms with E-state index in [0.29, 0.717) is 34.7 Å². The third kappa shape index (κ3) is 4.99. The zero-order valence-corrected chi connectivity index (χ0v) is 20.4. The lowest BCUT2D eigenvalue weighted by atomic mass is 9.98. The summed E-state index contributed by atoms with van der Waals surface area (Å²) in [4.78, 5) is 12.7. The molecule has 3 heterocycles. The van der Waals surface area contributed by atoms with Crippen LogP contribution in [0.5, 0.6) is 0 Å². The molecule has 4 aromatic rings. The van der Waals surface area contributed by atoms with Crippen molar-refractivity contribution in [1.29, 1.82) is 0 Å². The van der Waals surface area contributed by atoms with Crippen LogP contribution in [0.3, 0.4) is 0 Å². The highest BCUT2D eigenvalue weighted by atomic mass is 35.5. The first kappa shape index (κ1) is 23.0. The van der Waals surface area contributed by atoms with Crippen LogP contribution in [0.15, 0.2) is 52.9 Å². The van der Waals surface area contributed by atoms with Crippen molar-refractivity contribution in [2.24, 2.45) is 5.92 Å². The summed E-state index contributed by atoms with van der Waals surface area (Å²) in [5.41, 5.74) is 3.90. The summed E-state index contributed by atoms with van der Waals surface area (Å²) in [5, 5.41) is 13.2. The van der Waals surface area contributed by atoms with Gasteiger partial charge in [-0.3, -0.25) is 9.48 Å². The Labute approximate surface area is 208 Å². The van der Waals surface area contributed by atoms with Crippen molar-refractivity contribution < 1.29 is 9.21 Å². The van der Waals surface area contributed by atoms with E-state index in [0.717, 1.165) is 59.5 Å². The number of nitrogens with one attached hydrogen (secondary N) is 2. The van der Waals surface area contributed by atoms with Crippen molar-refractivity contribution >= 4 is 40.1 Å². The normalized spacial score (nSPS) is 14.6. The molecule has 8 heteroatoms. The zero-order valence-electron chi connectivity index (χ0n) is 18.9. The SMILES string of the molecule is Cc1cc(C(=O)NCC2CCNCC2)nn1Cc1cc(Cl)cc2cc(-c3ccc(Cl)cc3)oc12. The summed E-state index contributed by atoms with van der Waals surface area (Å²) in [5.74, 6) is 1.12. The van der Waals surface area contributed by atoms with Crippen molar-refractivity contribution in [3.8, 4) is 11.3 Å². The van der Waals surface area contributed by atoms with Gasteiger partial charge in [0.2, 0.25) is 0 Å². The average molecular weight is 497 g/mol. The predicted molar refractivity (Wildman–Crippen MR) is 136 cm³/mol. The van der Waals surface area contributed by atoms with Crippen molar-refractivity contribution in [2.45, 2.75) is 26.3 Å². The fourth-order valence-electron chi connectivity index (χ4n) is 4.42. The number of aromatic nitrogens is 2. The van der Waals surface area contributed by atoms with E-state index in [-0.39, 0.29) is 5.91 Å². The number of carbonyl (C=O) groups is 1. The summed E-state index contributed by atoms with van der Waals surface area (Å²) in [7, 11) is 0. The summed E-state index contributed by atoms with van der Waals surface area (Å²) in [6.07, 6.45) is 2.17. The minimum absolute atomic E-state index is 0.139. The first-order valence-electron chi connectivity index (χ1n) is 11.5. The van der Waals surface area contributed by atoms with E-state index in [1.165, 1.54) is 0 Å². The molecule has 1 fully saturated rings. The Bertz CT molecular complexity index is 1320. The Hall–Kier alpha value is -2.80. The van der Waals surface area contributed by atoms with E-state index in [1.54, 1.807) is 0 Å². The Morgan fingerprint density at radius 2 is 1.88 bits per heavy atom. The number of aryl methyl sites for hydroxylation is 1. The van der Waals surface area contributed by atoms with Gasteiger partial charge >= 0.3 is 0 Å². The maximum atomic E-state index is 12.7. The second-order valence-electron chi connectivity index (χ2n) is 8.83. The minimum Gasteiger partial charge on any atom is -0.456 e. The van der Waals surface area contributed by atoms with E-state index < -0.39 is 0 Å². The van der Waals surface area contributed by atoms with Gasteiger partial charge in [-0.15, -0.1) is 0 Å². The molecule has 0 saturated carbocycles. The summed E-state index contributed by atoms with van der Waals surface area (Å²) in [6, 6.07) is 15.1. The molecular weight excluding hydrogens is 471 g/mol. The molecule has 2 aromatic carbocycles. The number of benzene rings is 2. The molecule has 1 aliphatic rings. The van der Waals surface area contributed by atoms with Gasteiger partial charge in [0, 0.05) is 38.8 Å². The van der Waals surface area contributed by atoms with Crippen LogP contribution in [0.2, 0.25) is 10.0 Å². The van der Waals surface area contributed by atoms with Crippen LogP contribution in [0, 0.1) is 12.8 Å². The van der Waals surface area contributed by atoms with Crippen LogP contribution in [0.1, 0.15) is 34.6 Å². The van der Waals surface area contributed by atoms with Gasteiger partial charge in [-0.05, 0) is 87.3 Å². The number of nitrogens with zero attached hydrogens (tertiary/aromatic N) is 2. The van der Waals surface area contributed by atoms with Crippen LogP contribution in [0.4, 0.5) is 0 Å². The third-order valence-corrected chi connectivity index (χ3v) is 6.80. The van der Waals surface area contributed by atoms with Gasteiger partial charge in [0.1, 0.15) is 17.0 Å². The number of fused-ring (bicyclic) bond motifs is 1. The lowest BCUT2D eigenvalue weighted by Crippen LogP contribution is -2.36. The number of rotatable bonds is 6. The van der Waals surface area contributed by atoms with E-state index in [2.05, 4.69) is 15.7 Å². The highest BCUT2D eigenvalue weighted by molar-refractivity contribution is 6.31. The van der Waals surface area contributed by atoms with Gasteiger partial charge in [0.15, 0.2) is 0 Å². The molecule has 2 N–H and O–H groups in total. The molecule has 0 unspecified atom stereocenters. The smallest absolute Gasteiger partial charge is 0.271 e. The number of amides is 1. The zero-order chi connectivity index (χ0) is 23.7. The summed E-state index contributed by atoms with van der Waals surface area (Å²) >= 11 is 12.4. The second kappa shape index (κ2) is 9.82. The standard InChI is InChI=1S/C26H26Cl2N4O2/c1-16-10-23(26(33)30-14-17-6-8-29-9-7-17)31-32(16)15-20-12-22(28)11-19-13-24(34-25(19)20)18-2-4-21(27)5-3-18/h2-5,10-13,17,29H,6-9,14-15H2,1H3,(H,30,33). The molecule has 1 aliphatic heterocycles. The molecule has 0 spiro atoms. The van der Waals surface area contributed by atoms with E-state index in [1.807, 2.05) is 60.1 Å². The minimum atomic E-state index is -0.139. The molecule has 1 saturated heterocycles. The summed E-state index contributed by atoms with van der Waals surface area (Å²) < 4.78 is 8.04. The van der Waals surface area contributed by atoms with Crippen LogP contribution in [0.25, 0.3) is 22.3 Å². The molecular formula is C26H26Cl2N4O2. The molecule has 0 atom stereocenters. The molecule has 1 amide bonds. The Morgan fingerprint density at radius 3 is 2.65 bits per heavy atom. The number of furan rings is 1. The molecule has 2 aromatic heterocycles. The number of halogens is 2. The number of hydrogen-bond acceptors (Lipinski definition) is 4. The molecule has 0 radical (unpaired) electrons. The number of piperidine rings is 1. The van der Waals surface area contributed by atoms with Gasteiger partial charge in [-0.25, -0.2) is 0 Å². The first-order chi connectivity index (χ1) is 16.5. The fourth-order valence-corrected chi connectivity index (χ4v) is 4.79. The summed E-state index contributed by atoms with van der Waals surface area (Å²) in [6.45, 7) is 5.09. The van der Waals surface area contributed by atoms with Crippen LogP contribution < -0.4 is 10.6 Å². The molecule has 0 aliphatic carbocycles. The van der Waals surface area contributed by atoms with Gasteiger partial charge < -0.3 is 15.1 Å². The number of hydrogen-bond donors (Lipinski definition) is 2. The van der Waals surface area contributed by atoms with E-state index in [9.17, 15) is 4.79 Å². The number of carbonyl (C=O) groups excluding carboxylic acids is 1. The molecule has 34 heavy (non-hydrogen) atoms. The quantitative estimate of drug-likeness (QED) is 0.359. The van der Waals surface area contributed by atoms with E-state index in [4.69, 9.17) is 27.6 Å². The van der Waals surface area contributed by atoms with Crippen molar-refractivity contribution in [3.05, 3.63) is 75.5 Å². The molecule has 176 valence electrons. The van der Waals surface area contributed by atoms with Crippen molar-refractivity contribution in [1.82, 2.24) is 20.4 Å². The largest absolute Gasteiger partial charge is 0.456 e. The Balaban J connectivity index is 1.37. The van der Waals surface area contributed by atoms with Crippen LogP contribution >= 0.6 is 23.2 Å². The monoisotopic (exact) mass is 496 g/mol. The maximum Gasteiger partial charge on any atom is 0.271 e. The lowest BCUT2D eigenvalue weighted by Gasteiger charge is -2.22. The topological polar surface area (TPSA) is 72.1 Å². The third-order valence-electron chi connectivity index (χ3n) is 6.33. The van der Waals surface area contributed by atoms with Crippen LogP contribution in [-0.2, 0) is 6.54 Å². The van der Waals surface area contributed by atoms with Crippen molar-refractivity contribution in [3.63, 3.8) is 0 Å². The lowest BCUT2D eigenvalue weighted by molar-refractivity contribution is 0.0938. The van der Waals surface area contributed by atoms with Gasteiger partial charge in [-0.2, -0.15) is 5.10 Å². The van der Waals surface area contributed by atoms with E-state index >= 15 is 0 Å². The molecule has 0 bridgehead atoms. The van der Waals surface area contributed by atoms with Crippen LogP contribution in [-0.4, -0.2) is 35.3 Å². The predicted octanol–water partition coefficient (Wildman–Crippen LogP) is 5.69.